The number of halogens is 1. The monoisotopic (exact) mass is 287 g/mol. The van der Waals surface area contributed by atoms with Gasteiger partial charge in [-0.2, -0.15) is 0 Å². The molecule has 2 N–H and O–H groups in total. The van der Waals surface area contributed by atoms with E-state index in [0.29, 0.717) is 10.9 Å². The molecule has 0 heterocycles. The van der Waals surface area contributed by atoms with Crippen LogP contribution in [0.5, 0.6) is 0 Å². The lowest BCUT2D eigenvalue weighted by molar-refractivity contribution is 0.276. The highest BCUT2D eigenvalue weighted by Gasteiger charge is 2.28. The molecular formula is C17H18ClNO. The second-order valence-corrected chi connectivity index (χ2v) is 5.67. The fourth-order valence-corrected chi connectivity index (χ4v) is 2.77. The van der Waals surface area contributed by atoms with Gasteiger partial charge in [-0.3, -0.25) is 0 Å². The van der Waals surface area contributed by atoms with Gasteiger partial charge in [-0.15, -0.1) is 0 Å². The van der Waals surface area contributed by atoms with Crippen molar-refractivity contribution in [3.63, 3.8) is 0 Å². The van der Waals surface area contributed by atoms with E-state index in [1.54, 1.807) is 0 Å². The van der Waals surface area contributed by atoms with Gasteiger partial charge < -0.3 is 10.4 Å². The van der Waals surface area contributed by atoms with Crippen molar-refractivity contribution in [2.75, 3.05) is 11.9 Å². The molecule has 20 heavy (non-hydrogen) atoms. The Morgan fingerprint density at radius 2 is 1.80 bits per heavy atom. The SMILES string of the molecule is OCC(Nc1ccccc1Cl)c1ccccc1C1CC1. The van der Waals surface area contributed by atoms with Gasteiger partial charge in [-0.25, -0.2) is 0 Å². The maximum absolute atomic E-state index is 9.75. The topological polar surface area (TPSA) is 32.3 Å². The zero-order valence-electron chi connectivity index (χ0n) is 11.2. The molecule has 0 radical (unpaired) electrons. The molecule has 1 fully saturated rings. The summed E-state index contributed by atoms with van der Waals surface area (Å²) in [5.74, 6) is 0.660. The molecule has 2 aromatic carbocycles. The van der Waals surface area contributed by atoms with E-state index in [0.717, 1.165) is 5.69 Å². The van der Waals surface area contributed by atoms with Gasteiger partial charge in [0.2, 0.25) is 0 Å². The summed E-state index contributed by atoms with van der Waals surface area (Å²) in [6.07, 6.45) is 2.50. The van der Waals surface area contributed by atoms with E-state index in [1.807, 2.05) is 30.3 Å². The molecule has 0 spiro atoms. The molecule has 0 saturated heterocycles. The summed E-state index contributed by atoms with van der Waals surface area (Å²) in [6, 6.07) is 15.9. The maximum Gasteiger partial charge on any atom is 0.0748 e. The van der Waals surface area contributed by atoms with E-state index in [-0.39, 0.29) is 12.6 Å². The van der Waals surface area contributed by atoms with Gasteiger partial charge >= 0.3 is 0 Å². The quantitative estimate of drug-likeness (QED) is 0.856. The van der Waals surface area contributed by atoms with Gasteiger partial charge in [-0.05, 0) is 42.0 Å². The third-order valence-electron chi connectivity index (χ3n) is 3.77. The van der Waals surface area contributed by atoms with Crippen molar-refractivity contribution in [3.8, 4) is 0 Å². The fourth-order valence-electron chi connectivity index (χ4n) is 2.58. The smallest absolute Gasteiger partial charge is 0.0748 e. The Hall–Kier alpha value is -1.51. The zero-order valence-corrected chi connectivity index (χ0v) is 12.0. The number of aliphatic hydroxyl groups excluding tert-OH is 1. The first-order chi connectivity index (χ1) is 9.79. The Labute approximate surface area is 124 Å². The van der Waals surface area contributed by atoms with Crippen LogP contribution in [-0.4, -0.2) is 11.7 Å². The average Bonchev–Trinajstić information content (AvgIpc) is 3.31. The lowest BCUT2D eigenvalue weighted by atomic mass is 9.97. The van der Waals surface area contributed by atoms with Crippen LogP contribution < -0.4 is 5.32 Å². The Morgan fingerprint density at radius 3 is 2.50 bits per heavy atom. The summed E-state index contributed by atoms with van der Waals surface area (Å²) in [5.41, 5.74) is 3.39. The Morgan fingerprint density at radius 1 is 1.10 bits per heavy atom. The largest absolute Gasteiger partial charge is 0.394 e. The van der Waals surface area contributed by atoms with Crippen molar-refractivity contribution in [1.29, 1.82) is 0 Å². The van der Waals surface area contributed by atoms with Crippen LogP contribution in [0.15, 0.2) is 48.5 Å². The number of rotatable bonds is 5. The molecule has 1 unspecified atom stereocenters. The first kappa shape index (κ1) is 13.5. The van der Waals surface area contributed by atoms with Crippen LogP contribution in [0.25, 0.3) is 0 Å². The molecule has 0 aromatic heterocycles. The van der Waals surface area contributed by atoms with Crippen LogP contribution >= 0.6 is 11.6 Å². The summed E-state index contributed by atoms with van der Waals surface area (Å²) >= 11 is 6.18. The highest BCUT2D eigenvalue weighted by Crippen LogP contribution is 2.43. The molecule has 1 saturated carbocycles. The van der Waals surface area contributed by atoms with Crippen molar-refractivity contribution in [3.05, 3.63) is 64.7 Å². The number of hydrogen-bond acceptors (Lipinski definition) is 2. The normalized spacial score (nSPS) is 15.9. The molecule has 104 valence electrons. The summed E-state index contributed by atoms with van der Waals surface area (Å²) < 4.78 is 0. The van der Waals surface area contributed by atoms with Crippen molar-refractivity contribution in [2.45, 2.75) is 24.8 Å². The van der Waals surface area contributed by atoms with Gasteiger partial charge in [0, 0.05) is 0 Å². The van der Waals surface area contributed by atoms with E-state index in [2.05, 4.69) is 23.5 Å². The number of nitrogens with one attached hydrogen (secondary N) is 1. The number of benzene rings is 2. The highest BCUT2D eigenvalue weighted by atomic mass is 35.5. The lowest BCUT2D eigenvalue weighted by Crippen LogP contribution is -2.16. The third-order valence-corrected chi connectivity index (χ3v) is 4.10. The van der Waals surface area contributed by atoms with Crippen LogP contribution in [0.3, 0.4) is 0 Å². The van der Waals surface area contributed by atoms with Crippen molar-refractivity contribution in [1.82, 2.24) is 0 Å². The summed E-state index contributed by atoms with van der Waals surface area (Å²) in [4.78, 5) is 0. The summed E-state index contributed by atoms with van der Waals surface area (Å²) in [6.45, 7) is 0.0506. The highest BCUT2D eigenvalue weighted by molar-refractivity contribution is 6.33. The summed E-state index contributed by atoms with van der Waals surface area (Å²) in [5, 5.41) is 13.8. The number of para-hydroxylation sites is 1. The molecule has 0 aliphatic heterocycles. The van der Waals surface area contributed by atoms with Crippen molar-refractivity contribution < 1.29 is 5.11 Å². The van der Waals surface area contributed by atoms with E-state index < -0.39 is 0 Å². The molecule has 2 aromatic rings. The van der Waals surface area contributed by atoms with Gasteiger partial charge in [0.15, 0.2) is 0 Å². The van der Waals surface area contributed by atoms with Crippen LogP contribution in [0.1, 0.15) is 35.9 Å². The minimum atomic E-state index is -0.119. The molecule has 0 amide bonds. The number of anilines is 1. The van der Waals surface area contributed by atoms with E-state index in [4.69, 9.17) is 11.6 Å². The number of hydrogen-bond donors (Lipinski definition) is 2. The van der Waals surface area contributed by atoms with Crippen LogP contribution in [0.4, 0.5) is 5.69 Å². The molecule has 1 aliphatic rings. The summed E-state index contributed by atoms with van der Waals surface area (Å²) in [7, 11) is 0. The first-order valence-corrected chi connectivity index (χ1v) is 7.38. The van der Waals surface area contributed by atoms with E-state index in [1.165, 1.54) is 24.0 Å². The molecule has 1 atom stereocenters. The molecule has 3 heteroatoms. The van der Waals surface area contributed by atoms with Gasteiger partial charge in [0.05, 0.1) is 23.4 Å². The third kappa shape index (κ3) is 2.82. The van der Waals surface area contributed by atoms with Crippen LogP contribution in [-0.2, 0) is 0 Å². The van der Waals surface area contributed by atoms with Gasteiger partial charge in [-0.1, -0.05) is 48.0 Å². The predicted octanol–water partition coefficient (Wildman–Crippen LogP) is 4.36. The number of aliphatic hydroxyl groups is 1. The van der Waals surface area contributed by atoms with Crippen molar-refractivity contribution in [2.24, 2.45) is 0 Å². The Bertz CT molecular complexity index is 595. The Balaban J connectivity index is 1.89. The van der Waals surface area contributed by atoms with E-state index in [9.17, 15) is 5.11 Å². The van der Waals surface area contributed by atoms with Crippen molar-refractivity contribution >= 4 is 17.3 Å². The molecule has 2 nitrogen and oxygen atoms in total. The zero-order chi connectivity index (χ0) is 13.9. The maximum atomic E-state index is 9.75. The Kier molecular flexibility index (Phi) is 3.95. The molecule has 0 bridgehead atoms. The second-order valence-electron chi connectivity index (χ2n) is 5.26. The lowest BCUT2D eigenvalue weighted by Gasteiger charge is -2.21. The van der Waals surface area contributed by atoms with Gasteiger partial charge in [0.1, 0.15) is 0 Å². The second kappa shape index (κ2) is 5.86. The average molecular weight is 288 g/mol. The fraction of sp³-hybridized carbons (Fsp3) is 0.294. The molecular weight excluding hydrogens is 270 g/mol. The minimum absolute atomic E-state index is 0.0506. The molecule has 1 aliphatic carbocycles. The first-order valence-electron chi connectivity index (χ1n) is 7.00. The minimum Gasteiger partial charge on any atom is -0.394 e. The van der Waals surface area contributed by atoms with Crippen LogP contribution in [0.2, 0.25) is 5.02 Å². The predicted molar refractivity (Wildman–Crippen MR) is 83.3 cm³/mol. The van der Waals surface area contributed by atoms with Gasteiger partial charge in [0.25, 0.3) is 0 Å². The van der Waals surface area contributed by atoms with Crippen LogP contribution in [0, 0.1) is 0 Å². The molecule has 3 rings (SSSR count). The van der Waals surface area contributed by atoms with E-state index >= 15 is 0 Å². The standard InChI is InChI=1S/C17H18ClNO/c18-15-7-3-4-8-16(15)19-17(11-20)14-6-2-1-5-13(14)12-9-10-12/h1-8,12,17,19-20H,9-11H2.